The fourth-order valence-electron chi connectivity index (χ4n) is 2.63. The minimum atomic E-state index is -2.98. The lowest BCUT2D eigenvalue weighted by Gasteiger charge is -2.12. The molecule has 0 spiro atoms. The van der Waals surface area contributed by atoms with E-state index in [0.29, 0.717) is 28.7 Å². The Labute approximate surface area is 171 Å². The van der Waals surface area contributed by atoms with E-state index in [1.807, 2.05) is 13.8 Å². The third-order valence-electron chi connectivity index (χ3n) is 3.79. The van der Waals surface area contributed by atoms with E-state index in [1.165, 1.54) is 12.4 Å². The molecule has 3 aromatic rings. The van der Waals surface area contributed by atoms with Gasteiger partial charge in [0.1, 0.15) is 10.7 Å². The molecule has 0 aliphatic carbocycles. The number of ether oxygens (including phenoxy) is 1. The first-order valence-corrected chi connectivity index (χ1v) is 9.28. The molecule has 0 aliphatic heterocycles. The van der Waals surface area contributed by atoms with Crippen molar-refractivity contribution < 1.29 is 18.3 Å². The number of hydrogen-bond donors (Lipinski definition) is 1. The maximum Gasteiger partial charge on any atom is 0.278 e. The Balaban J connectivity index is 1.80. The third kappa shape index (κ3) is 5.38. The van der Waals surface area contributed by atoms with Gasteiger partial charge in [-0.15, -0.1) is 0 Å². The van der Waals surface area contributed by atoms with Gasteiger partial charge in [-0.2, -0.15) is 5.10 Å². The predicted octanol–water partition coefficient (Wildman–Crippen LogP) is 3.70. The SMILES string of the molecule is CC(C)NC(=O)c1nccc2nn(Cc3cnc(OCC(C)(F)F)c(Cl)c3)cc12. The van der Waals surface area contributed by atoms with Crippen molar-refractivity contribution in [2.45, 2.75) is 39.3 Å². The number of amides is 1. The highest BCUT2D eigenvalue weighted by atomic mass is 35.5. The summed E-state index contributed by atoms with van der Waals surface area (Å²) in [5.41, 5.74) is 1.61. The third-order valence-corrected chi connectivity index (χ3v) is 4.06. The summed E-state index contributed by atoms with van der Waals surface area (Å²) in [4.78, 5) is 20.5. The van der Waals surface area contributed by atoms with Gasteiger partial charge in [-0.05, 0) is 31.5 Å². The monoisotopic (exact) mass is 423 g/mol. The Morgan fingerprint density at radius 3 is 2.79 bits per heavy atom. The van der Waals surface area contributed by atoms with Gasteiger partial charge in [0.25, 0.3) is 11.8 Å². The van der Waals surface area contributed by atoms with Crippen LogP contribution in [0.2, 0.25) is 5.02 Å². The van der Waals surface area contributed by atoms with Gasteiger partial charge in [0.05, 0.1) is 17.4 Å². The van der Waals surface area contributed by atoms with E-state index >= 15 is 0 Å². The number of pyridine rings is 2. The van der Waals surface area contributed by atoms with Crippen LogP contribution in [0.3, 0.4) is 0 Å². The highest BCUT2D eigenvalue weighted by molar-refractivity contribution is 6.31. The van der Waals surface area contributed by atoms with Gasteiger partial charge in [0.2, 0.25) is 5.88 Å². The van der Waals surface area contributed by atoms with Crippen LogP contribution in [0.25, 0.3) is 10.9 Å². The molecule has 0 aliphatic rings. The number of nitrogens with one attached hydrogen (secondary N) is 1. The van der Waals surface area contributed by atoms with Gasteiger partial charge in [-0.25, -0.2) is 13.8 Å². The average molecular weight is 424 g/mol. The maximum absolute atomic E-state index is 12.9. The quantitative estimate of drug-likeness (QED) is 0.626. The van der Waals surface area contributed by atoms with Crippen molar-refractivity contribution in [3.05, 3.63) is 47.0 Å². The number of carbonyl (C=O) groups excluding carboxylic acids is 1. The first-order chi connectivity index (χ1) is 13.6. The van der Waals surface area contributed by atoms with Crippen LogP contribution in [0, 0.1) is 0 Å². The second kappa shape index (κ2) is 8.28. The van der Waals surface area contributed by atoms with Crippen LogP contribution in [-0.4, -0.2) is 44.2 Å². The highest BCUT2D eigenvalue weighted by Gasteiger charge is 2.23. The summed E-state index contributed by atoms with van der Waals surface area (Å²) < 4.78 is 32.4. The first kappa shape index (κ1) is 20.9. The lowest BCUT2D eigenvalue weighted by atomic mass is 10.2. The van der Waals surface area contributed by atoms with Crippen LogP contribution in [0.4, 0.5) is 8.78 Å². The van der Waals surface area contributed by atoms with E-state index in [2.05, 4.69) is 20.4 Å². The summed E-state index contributed by atoms with van der Waals surface area (Å²) in [6.07, 6.45) is 4.72. The summed E-state index contributed by atoms with van der Waals surface area (Å²) >= 11 is 6.09. The summed E-state index contributed by atoms with van der Waals surface area (Å²) in [7, 11) is 0. The van der Waals surface area contributed by atoms with Crippen molar-refractivity contribution >= 4 is 28.4 Å². The molecule has 10 heteroatoms. The number of halogens is 3. The Morgan fingerprint density at radius 2 is 2.14 bits per heavy atom. The molecule has 0 atom stereocenters. The Kier molecular flexibility index (Phi) is 5.97. The van der Waals surface area contributed by atoms with Crippen molar-refractivity contribution in [2.24, 2.45) is 0 Å². The molecule has 0 saturated heterocycles. The standard InChI is InChI=1S/C19H20ClF2N5O2/c1-11(2)25-17(28)16-13-9-27(26-15(13)4-5-23-16)8-12-6-14(20)18(24-7-12)29-10-19(3,21)22/h4-7,9,11H,8,10H2,1-3H3,(H,25,28). The van der Waals surface area contributed by atoms with E-state index in [0.717, 1.165) is 6.92 Å². The fraction of sp³-hybridized carbons (Fsp3) is 0.368. The summed E-state index contributed by atoms with van der Waals surface area (Å²) in [6.45, 7) is 4.00. The van der Waals surface area contributed by atoms with Crippen LogP contribution in [0.1, 0.15) is 36.8 Å². The molecule has 29 heavy (non-hydrogen) atoms. The van der Waals surface area contributed by atoms with Crippen molar-refractivity contribution in [2.75, 3.05) is 6.61 Å². The molecule has 0 bridgehead atoms. The molecule has 0 unspecified atom stereocenters. The van der Waals surface area contributed by atoms with E-state index < -0.39 is 12.5 Å². The lowest BCUT2D eigenvalue weighted by Crippen LogP contribution is -2.30. The smallest absolute Gasteiger partial charge is 0.278 e. The molecule has 3 aromatic heterocycles. The van der Waals surface area contributed by atoms with Gasteiger partial charge in [-0.3, -0.25) is 14.5 Å². The number of alkyl halides is 2. The van der Waals surface area contributed by atoms with Crippen LogP contribution >= 0.6 is 11.6 Å². The van der Waals surface area contributed by atoms with E-state index in [-0.39, 0.29) is 22.9 Å². The van der Waals surface area contributed by atoms with Crippen LogP contribution in [-0.2, 0) is 6.54 Å². The second-order valence-electron chi connectivity index (χ2n) is 7.04. The number of fused-ring (bicyclic) bond motifs is 1. The number of nitrogens with zero attached hydrogens (tertiary/aromatic N) is 4. The lowest BCUT2D eigenvalue weighted by molar-refractivity contribution is -0.0242. The molecule has 0 radical (unpaired) electrons. The molecular formula is C19H20ClF2N5O2. The molecule has 3 heterocycles. The summed E-state index contributed by atoms with van der Waals surface area (Å²) in [5, 5.41) is 8.01. The fourth-order valence-corrected chi connectivity index (χ4v) is 2.87. The molecule has 0 aromatic carbocycles. The molecular weight excluding hydrogens is 404 g/mol. The molecule has 0 fully saturated rings. The van der Waals surface area contributed by atoms with E-state index in [4.69, 9.17) is 16.3 Å². The first-order valence-electron chi connectivity index (χ1n) is 8.90. The normalized spacial score (nSPS) is 11.8. The minimum Gasteiger partial charge on any atom is -0.470 e. The molecule has 7 nitrogen and oxygen atoms in total. The summed E-state index contributed by atoms with van der Waals surface area (Å²) in [5.74, 6) is -3.31. The predicted molar refractivity (Wildman–Crippen MR) is 105 cm³/mol. The maximum atomic E-state index is 12.9. The Bertz CT molecular complexity index is 1030. The summed E-state index contributed by atoms with van der Waals surface area (Å²) in [6, 6.07) is 3.27. The van der Waals surface area contributed by atoms with Gasteiger partial charge in [0.15, 0.2) is 6.61 Å². The van der Waals surface area contributed by atoms with Gasteiger partial charge in [-0.1, -0.05) is 11.6 Å². The van der Waals surface area contributed by atoms with Crippen molar-refractivity contribution in [3.63, 3.8) is 0 Å². The minimum absolute atomic E-state index is 0.0174. The van der Waals surface area contributed by atoms with E-state index in [1.54, 1.807) is 23.0 Å². The van der Waals surface area contributed by atoms with Crippen LogP contribution < -0.4 is 10.1 Å². The Hall–Kier alpha value is -2.81. The topological polar surface area (TPSA) is 81.9 Å². The van der Waals surface area contributed by atoms with E-state index in [9.17, 15) is 13.6 Å². The highest BCUT2D eigenvalue weighted by Crippen LogP contribution is 2.25. The Morgan fingerprint density at radius 1 is 1.38 bits per heavy atom. The van der Waals surface area contributed by atoms with Crippen molar-refractivity contribution in [1.82, 2.24) is 25.1 Å². The largest absolute Gasteiger partial charge is 0.470 e. The number of hydrogen-bond acceptors (Lipinski definition) is 5. The van der Waals surface area contributed by atoms with Crippen molar-refractivity contribution in [1.29, 1.82) is 0 Å². The number of carbonyl (C=O) groups is 1. The zero-order valence-electron chi connectivity index (χ0n) is 16.1. The zero-order valence-corrected chi connectivity index (χ0v) is 16.9. The molecule has 3 rings (SSSR count). The van der Waals surface area contributed by atoms with Gasteiger partial charge < -0.3 is 10.1 Å². The molecule has 1 N–H and O–H groups in total. The van der Waals surface area contributed by atoms with Crippen molar-refractivity contribution in [3.8, 4) is 5.88 Å². The molecule has 154 valence electrons. The molecule has 1 amide bonds. The second-order valence-corrected chi connectivity index (χ2v) is 7.44. The number of rotatable bonds is 7. The van der Waals surface area contributed by atoms with Gasteiger partial charge in [0, 0.05) is 31.6 Å². The number of aromatic nitrogens is 4. The zero-order chi connectivity index (χ0) is 21.2. The molecule has 0 saturated carbocycles. The van der Waals surface area contributed by atoms with Gasteiger partial charge >= 0.3 is 0 Å². The van der Waals surface area contributed by atoms with Crippen LogP contribution in [0.15, 0.2) is 30.7 Å². The average Bonchev–Trinajstić information content (AvgIpc) is 3.01. The van der Waals surface area contributed by atoms with Crippen LogP contribution in [0.5, 0.6) is 5.88 Å².